The summed E-state index contributed by atoms with van der Waals surface area (Å²) in [4.78, 5) is 23.5. The lowest BCUT2D eigenvalue weighted by molar-refractivity contribution is -0.140. The minimum absolute atomic E-state index is 0.121. The zero-order valence-electron chi connectivity index (χ0n) is 17.3. The minimum Gasteiger partial charge on any atom is -0.493 e. The van der Waals surface area contributed by atoms with Gasteiger partial charge in [0.25, 0.3) is 0 Å². The number of aryl methyl sites for hydroxylation is 1. The molecule has 1 rings (SSSR count). The highest BCUT2D eigenvalue weighted by Gasteiger charge is 2.14. The lowest BCUT2D eigenvalue weighted by atomic mass is 9.99. The van der Waals surface area contributed by atoms with Crippen LogP contribution in [0.3, 0.4) is 0 Å². The Morgan fingerprint density at radius 2 is 1.22 bits per heavy atom. The van der Waals surface area contributed by atoms with Crippen molar-refractivity contribution in [1.82, 2.24) is 0 Å². The van der Waals surface area contributed by atoms with Gasteiger partial charge < -0.3 is 14.2 Å². The first-order valence-corrected chi connectivity index (χ1v) is 9.86. The number of ether oxygens (including phenoxy) is 3. The quantitative estimate of drug-likeness (QED) is 0.251. The second-order valence-electron chi connectivity index (χ2n) is 6.85. The van der Waals surface area contributed by atoms with Gasteiger partial charge in [-0.3, -0.25) is 9.59 Å². The Hall–Kier alpha value is -2.04. The maximum Gasteiger partial charge on any atom is 0.305 e. The van der Waals surface area contributed by atoms with E-state index < -0.39 is 0 Å². The molecule has 0 aliphatic heterocycles. The number of esters is 1. The van der Waals surface area contributed by atoms with Crippen LogP contribution in [0.25, 0.3) is 0 Å². The summed E-state index contributed by atoms with van der Waals surface area (Å²) >= 11 is 0. The van der Waals surface area contributed by atoms with Crippen molar-refractivity contribution in [3.63, 3.8) is 0 Å². The molecule has 1 aromatic carbocycles. The summed E-state index contributed by atoms with van der Waals surface area (Å²) < 4.78 is 15.2. The standard InChI is InChI=1S/C22H34O5/c1-17-15-20(25-2)21(26-3)16-18(17)19(23)13-11-9-7-5-6-8-10-12-14-22(24)27-4/h15-16H,5-14H2,1-4H3. The Balaban J connectivity index is 2.20. The molecule has 5 nitrogen and oxygen atoms in total. The maximum absolute atomic E-state index is 12.5. The van der Waals surface area contributed by atoms with Crippen LogP contribution in [0.4, 0.5) is 0 Å². The maximum atomic E-state index is 12.5. The molecular weight excluding hydrogens is 344 g/mol. The number of carbonyl (C=O) groups excluding carboxylic acids is 2. The average molecular weight is 379 g/mol. The predicted molar refractivity (Wildman–Crippen MR) is 107 cm³/mol. The third-order valence-corrected chi connectivity index (χ3v) is 4.79. The van der Waals surface area contributed by atoms with Crippen molar-refractivity contribution in [1.29, 1.82) is 0 Å². The molecule has 0 bridgehead atoms. The molecule has 0 N–H and O–H groups in total. The number of rotatable bonds is 14. The second kappa shape index (κ2) is 13.2. The van der Waals surface area contributed by atoms with Crippen molar-refractivity contribution in [2.24, 2.45) is 0 Å². The van der Waals surface area contributed by atoms with Gasteiger partial charge >= 0.3 is 5.97 Å². The number of benzene rings is 1. The Kier molecular flexibility index (Phi) is 11.2. The highest BCUT2D eigenvalue weighted by Crippen LogP contribution is 2.31. The fourth-order valence-corrected chi connectivity index (χ4v) is 3.13. The Labute approximate surface area is 163 Å². The van der Waals surface area contributed by atoms with Crippen LogP contribution in [0.1, 0.15) is 80.1 Å². The van der Waals surface area contributed by atoms with Gasteiger partial charge in [0.05, 0.1) is 21.3 Å². The molecule has 0 aliphatic carbocycles. The Morgan fingerprint density at radius 1 is 0.741 bits per heavy atom. The number of hydrogen-bond acceptors (Lipinski definition) is 5. The molecule has 0 aromatic heterocycles. The molecule has 0 amide bonds. The van der Waals surface area contributed by atoms with Crippen LogP contribution in [-0.2, 0) is 9.53 Å². The molecule has 0 heterocycles. The molecule has 0 saturated carbocycles. The SMILES string of the molecule is COC(=O)CCCCCCCCCCC(=O)c1cc(OC)c(OC)cc1C. The van der Waals surface area contributed by atoms with E-state index in [1.807, 2.05) is 13.0 Å². The normalized spacial score (nSPS) is 10.5. The van der Waals surface area contributed by atoms with Gasteiger partial charge in [0.15, 0.2) is 17.3 Å². The number of Topliss-reactive ketones (excluding diaryl/α,β-unsaturated/α-hetero) is 1. The van der Waals surface area contributed by atoms with E-state index in [9.17, 15) is 9.59 Å². The van der Waals surface area contributed by atoms with Crippen LogP contribution >= 0.6 is 0 Å². The van der Waals surface area contributed by atoms with Gasteiger partial charge in [-0.1, -0.05) is 38.5 Å². The Bertz CT molecular complexity index is 595. The molecule has 0 fully saturated rings. The number of hydrogen-bond donors (Lipinski definition) is 0. The number of ketones is 1. The molecule has 5 heteroatoms. The highest BCUT2D eigenvalue weighted by molar-refractivity contribution is 5.98. The summed E-state index contributed by atoms with van der Waals surface area (Å²) in [5.41, 5.74) is 1.64. The van der Waals surface area contributed by atoms with Crippen molar-refractivity contribution < 1.29 is 23.8 Å². The largest absolute Gasteiger partial charge is 0.493 e. The fourth-order valence-electron chi connectivity index (χ4n) is 3.13. The topological polar surface area (TPSA) is 61.8 Å². The lowest BCUT2D eigenvalue weighted by Gasteiger charge is -2.12. The minimum atomic E-state index is -0.121. The van der Waals surface area contributed by atoms with E-state index in [1.165, 1.54) is 20.0 Å². The van der Waals surface area contributed by atoms with Gasteiger partial charge in [0.1, 0.15) is 0 Å². The molecule has 1 aromatic rings. The molecule has 0 spiro atoms. The highest BCUT2D eigenvalue weighted by atomic mass is 16.5. The van der Waals surface area contributed by atoms with Crippen molar-refractivity contribution >= 4 is 11.8 Å². The number of methoxy groups -OCH3 is 3. The van der Waals surface area contributed by atoms with E-state index >= 15 is 0 Å². The molecule has 0 radical (unpaired) electrons. The zero-order valence-corrected chi connectivity index (χ0v) is 17.3. The molecule has 0 unspecified atom stereocenters. The van der Waals surface area contributed by atoms with E-state index in [0.717, 1.165) is 49.7 Å². The van der Waals surface area contributed by atoms with Gasteiger partial charge in [-0.15, -0.1) is 0 Å². The summed E-state index contributed by atoms with van der Waals surface area (Å²) in [5, 5.41) is 0. The summed E-state index contributed by atoms with van der Waals surface area (Å²) in [6.07, 6.45) is 9.72. The number of unbranched alkanes of at least 4 members (excludes halogenated alkanes) is 7. The molecule has 0 aliphatic rings. The first-order chi connectivity index (χ1) is 13.0. The molecule has 27 heavy (non-hydrogen) atoms. The van der Waals surface area contributed by atoms with E-state index in [4.69, 9.17) is 9.47 Å². The molecule has 0 atom stereocenters. The van der Waals surface area contributed by atoms with E-state index in [2.05, 4.69) is 4.74 Å². The van der Waals surface area contributed by atoms with E-state index in [-0.39, 0.29) is 11.8 Å². The third-order valence-electron chi connectivity index (χ3n) is 4.79. The van der Waals surface area contributed by atoms with Crippen molar-refractivity contribution in [2.75, 3.05) is 21.3 Å². The van der Waals surface area contributed by atoms with Crippen LogP contribution in [0.5, 0.6) is 11.5 Å². The molecule has 152 valence electrons. The number of carbonyl (C=O) groups is 2. The summed E-state index contributed by atoms with van der Waals surface area (Å²) in [6.45, 7) is 1.93. The summed E-state index contributed by atoms with van der Waals surface area (Å²) in [7, 11) is 4.61. The van der Waals surface area contributed by atoms with Crippen LogP contribution in [0.15, 0.2) is 12.1 Å². The predicted octanol–water partition coefficient (Wildman–Crippen LogP) is 5.27. The van der Waals surface area contributed by atoms with Crippen molar-refractivity contribution in [3.8, 4) is 11.5 Å². The fraction of sp³-hybridized carbons (Fsp3) is 0.636. The van der Waals surface area contributed by atoms with Gasteiger partial charge in [0, 0.05) is 18.4 Å². The van der Waals surface area contributed by atoms with E-state index in [1.54, 1.807) is 20.3 Å². The van der Waals surface area contributed by atoms with Crippen molar-refractivity contribution in [3.05, 3.63) is 23.3 Å². The smallest absolute Gasteiger partial charge is 0.305 e. The summed E-state index contributed by atoms with van der Waals surface area (Å²) in [5.74, 6) is 1.29. The van der Waals surface area contributed by atoms with Crippen molar-refractivity contribution in [2.45, 2.75) is 71.1 Å². The first-order valence-electron chi connectivity index (χ1n) is 9.86. The van der Waals surface area contributed by atoms with Crippen LogP contribution < -0.4 is 9.47 Å². The van der Waals surface area contributed by atoms with Crippen LogP contribution in [0, 0.1) is 6.92 Å². The zero-order chi connectivity index (χ0) is 20.1. The van der Waals surface area contributed by atoms with Crippen LogP contribution in [0.2, 0.25) is 0 Å². The lowest BCUT2D eigenvalue weighted by Crippen LogP contribution is -2.03. The second-order valence-corrected chi connectivity index (χ2v) is 6.85. The third kappa shape index (κ3) is 8.46. The molecular formula is C22H34O5. The Morgan fingerprint density at radius 3 is 1.74 bits per heavy atom. The average Bonchev–Trinajstić information content (AvgIpc) is 2.68. The summed E-state index contributed by atoms with van der Waals surface area (Å²) in [6, 6.07) is 3.64. The van der Waals surface area contributed by atoms with Gasteiger partial charge in [-0.2, -0.15) is 0 Å². The van der Waals surface area contributed by atoms with Gasteiger partial charge in [-0.05, 0) is 37.5 Å². The first kappa shape index (κ1) is 23.0. The molecule has 0 saturated heterocycles. The van der Waals surface area contributed by atoms with Crippen LogP contribution in [-0.4, -0.2) is 33.1 Å². The van der Waals surface area contributed by atoms with Gasteiger partial charge in [-0.25, -0.2) is 0 Å². The van der Waals surface area contributed by atoms with Gasteiger partial charge in [0.2, 0.25) is 0 Å². The monoisotopic (exact) mass is 378 g/mol. The van der Waals surface area contributed by atoms with E-state index in [0.29, 0.717) is 24.3 Å².